The Hall–Kier alpha value is -0.100. The summed E-state index contributed by atoms with van der Waals surface area (Å²) in [5.74, 6) is 0. The normalized spacial score (nSPS) is 19.0. The second-order valence-corrected chi connectivity index (χ2v) is 7.67. The van der Waals surface area contributed by atoms with Crippen LogP contribution in [0, 0.1) is 0 Å². The Kier molecular flexibility index (Phi) is 15.0. The molecule has 0 amide bonds. The molecular formula is C10H26O16P2. The van der Waals surface area contributed by atoms with Crippen LogP contribution in [0.5, 0.6) is 0 Å². The van der Waals surface area contributed by atoms with Gasteiger partial charge in [-0.3, -0.25) is 9.05 Å². The number of hydrogen-bond donors (Lipinski definition) is 12. The molecule has 0 aliphatic heterocycles. The predicted octanol–water partition coefficient (Wildman–Crippen LogP) is -5.66. The summed E-state index contributed by atoms with van der Waals surface area (Å²) in [4.78, 5) is 32.9. The highest BCUT2D eigenvalue weighted by Crippen LogP contribution is 2.36. The standard InChI is InChI=1S/2C5H13O8P/c2*6-1-3(7)5(9)4(8)2-13-14(10,11)12/h2*3-9H,1-2H2,(H2,10,11,12)/t2*3-,4+,5+/m00/s1. The molecule has 0 radical (unpaired) electrons. The molecule has 0 aromatic rings. The molecule has 0 saturated carbocycles. The van der Waals surface area contributed by atoms with Crippen LogP contribution in [0.4, 0.5) is 0 Å². The number of aliphatic hydroxyl groups is 8. The average molecular weight is 464 g/mol. The van der Waals surface area contributed by atoms with Gasteiger partial charge in [-0.15, -0.1) is 0 Å². The zero-order valence-electron chi connectivity index (χ0n) is 14.2. The number of phosphoric acid groups is 2. The molecule has 16 nitrogen and oxygen atoms in total. The van der Waals surface area contributed by atoms with E-state index in [9.17, 15) is 9.13 Å². The van der Waals surface area contributed by atoms with E-state index in [2.05, 4.69) is 9.05 Å². The van der Waals surface area contributed by atoms with Gasteiger partial charge in [-0.05, 0) is 0 Å². The summed E-state index contributed by atoms with van der Waals surface area (Å²) >= 11 is 0. The van der Waals surface area contributed by atoms with Crippen molar-refractivity contribution in [2.45, 2.75) is 36.6 Å². The zero-order chi connectivity index (χ0) is 22.7. The maximum absolute atomic E-state index is 10.2. The Morgan fingerprint density at radius 2 is 0.821 bits per heavy atom. The monoisotopic (exact) mass is 464 g/mol. The van der Waals surface area contributed by atoms with Crippen molar-refractivity contribution in [1.29, 1.82) is 0 Å². The van der Waals surface area contributed by atoms with Crippen LogP contribution < -0.4 is 0 Å². The van der Waals surface area contributed by atoms with Gasteiger partial charge >= 0.3 is 15.6 Å². The first-order chi connectivity index (χ1) is 12.6. The van der Waals surface area contributed by atoms with Gasteiger partial charge in [0.15, 0.2) is 0 Å². The van der Waals surface area contributed by atoms with Crippen LogP contribution in [0.25, 0.3) is 0 Å². The lowest BCUT2D eigenvalue weighted by atomic mass is 10.1. The van der Waals surface area contributed by atoms with Gasteiger partial charge in [-0.2, -0.15) is 0 Å². The minimum atomic E-state index is -4.71. The van der Waals surface area contributed by atoms with Gasteiger partial charge in [0.25, 0.3) is 0 Å². The highest BCUT2D eigenvalue weighted by atomic mass is 31.2. The number of aliphatic hydroxyl groups excluding tert-OH is 8. The predicted molar refractivity (Wildman–Crippen MR) is 86.2 cm³/mol. The molecule has 0 rings (SSSR count). The third-order valence-electron chi connectivity index (χ3n) is 2.78. The lowest BCUT2D eigenvalue weighted by molar-refractivity contribution is -0.0891. The molecule has 6 atom stereocenters. The van der Waals surface area contributed by atoms with Crippen LogP contribution in [-0.2, 0) is 18.2 Å². The fourth-order valence-electron chi connectivity index (χ4n) is 1.27. The molecule has 0 aliphatic rings. The van der Waals surface area contributed by atoms with Gasteiger partial charge in [0, 0.05) is 0 Å². The van der Waals surface area contributed by atoms with Crippen LogP contribution in [0.2, 0.25) is 0 Å². The first-order valence-corrected chi connectivity index (χ1v) is 10.3. The third-order valence-corrected chi connectivity index (χ3v) is 3.75. The van der Waals surface area contributed by atoms with E-state index < -0.39 is 78.7 Å². The van der Waals surface area contributed by atoms with Crippen molar-refractivity contribution < 1.29 is 78.6 Å². The van der Waals surface area contributed by atoms with Crippen molar-refractivity contribution in [3.05, 3.63) is 0 Å². The summed E-state index contributed by atoms with van der Waals surface area (Å²) < 4.78 is 28.1. The first kappa shape index (κ1) is 30.1. The van der Waals surface area contributed by atoms with Gasteiger partial charge in [-0.25, -0.2) is 9.13 Å². The van der Waals surface area contributed by atoms with E-state index in [4.69, 9.17) is 60.4 Å². The fourth-order valence-corrected chi connectivity index (χ4v) is 1.97. The third kappa shape index (κ3) is 15.8. The van der Waals surface area contributed by atoms with Crippen LogP contribution >= 0.6 is 15.6 Å². The average Bonchev–Trinajstić information content (AvgIpc) is 2.60. The van der Waals surface area contributed by atoms with Crippen molar-refractivity contribution >= 4 is 15.6 Å². The molecule has 0 aromatic heterocycles. The lowest BCUT2D eigenvalue weighted by Gasteiger charge is -2.21. The van der Waals surface area contributed by atoms with Gasteiger partial charge < -0.3 is 60.4 Å². The quantitative estimate of drug-likeness (QED) is 0.120. The molecule has 0 aliphatic carbocycles. The molecule has 0 saturated heterocycles. The highest BCUT2D eigenvalue weighted by molar-refractivity contribution is 7.46. The van der Waals surface area contributed by atoms with Gasteiger partial charge in [-0.1, -0.05) is 0 Å². The van der Waals surface area contributed by atoms with Crippen LogP contribution in [-0.4, -0.2) is 123 Å². The van der Waals surface area contributed by atoms with Crippen molar-refractivity contribution in [3.8, 4) is 0 Å². The molecule has 0 bridgehead atoms. The van der Waals surface area contributed by atoms with Crippen LogP contribution in [0.15, 0.2) is 0 Å². The van der Waals surface area contributed by atoms with Crippen molar-refractivity contribution in [3.63, 3.8) is 0 Å². The largest absolute Gasteiger partial charge is 0.469 e. The van der Waals surface area contributed by atoms with E-state index in [1.807, 2.05) is 0 Å². The number of phosphoric ester groups is 2. The summed E-state index contributed by atoms with van der Waals surface area (Å²) in [5.41, 5.74) is 0. The molecule has 172 valence electrons. The second kappa shape index (κ2) is 14.0. The number of rotatable bonds is 12. The topological polar surface area (TPSA) is 295 Å². The van der Waals surface area contributed by atoms with E-state index in [1.165, 1.54) is 0 Å². The Morgan fingerprint density at radius 3 is 1.00 bits per heavy atom. The Bertz CT molecular complexity index is 448. The zero-order valence-corrected chi connectivity index (χ0v) is 16.0. The summed E-state index contributed by atoms with van der Waals surface area (Å²) in [6, 6.07) is 0. The summed E-state index contributed by atoms with van der Waals surface area (Å²) in [6.45, 7) is -3.26. The van der Waals surface area contributed by atoms with E-state index in [0.29, 0.717) is 0 Å². The second-order valence-electron chi connectivity index (χ2n) is 5.19. The lowest BCUT2D eigenvalue weighted by Crippen LogP contribution is -2.41. The van der Waals surface area contributed by atoms with Crippen molar-refractivity contribution in [1.82, 2.24) is 0 Å². The van der Waals surface area contributed by atoms with E-state index in [1.54, 1.807) is 0 Å². The smallest absolute Gasteiger partial charge is 0.394 e. The Morgan fingerprint density at radius 1 is 0.571 bits per heavy atom. The molecule has 0 fully saturated rings. The van der Waals surface area contributed by atoms with E-state index >= 15 is 0 Å². The van der Waals surface area contributed by atoms with E-state index in [-0.39, 0.29) is 0 Å². The van der Waals surface area contributed by atoms with Crippen molar-refractivity contribution in [2.75, 3.05) is 26.4 Å². The van der Waals surface area contributed by atoms with Crippen LogP contribution in [0.1, 0.15) is 0 Å². The fraction of sp³-hybridized carbons (Fsp3) is 1.00. The molecule has 0 unspecified atom stereocenters. The maximum Gasteiger partial charge on any atom is 0.469 e. The van der Waals surface area contributed by atoms with Crippen molar-refractivity contribution in [2.24, 2.45) is 0 Å². The molecule has 18 heteroatoms. The van der Waals surface area contributed by atoms with E-state index in [0.717, 1.165) is 0 Å². The molecule has 12 N–H and O–H groups in total. The minimum Gasteiger partial charge on any atom is -0.394 e. The van der Waals surface area contributed by atoms with Gasteiger partial charge in [0.2, 0.25) is 0 Å². The first-order valence-electron chi connectivity index (χ1n) is 7.26. The summed E-state index contributed by atoms with van der Waals surface area (Å²) in [6.07, 6.45) is -10.0. The van der Waals surface area contributed by atoms with Gasteiger partial charge in [0.05, 0.1) is 26.4 Å². The Labute approximate surface area is 158 Å². The summed E-state index contributed by atoms with van der Waals surface area (Å²) in [7, 11) is -9.43. The summed E-state index contributed by atoms with van der Waals surface area (Å²) in [5, 5.41) is 70.3. The van der Waals surface area contributed by atoms with Crippen LogP contribution in [0.3, 0.4) is 0 Å². The molecule has 0 heterocycles. The molecule has 0 spiro atoms. The molecule has 28 heavy (non-hydrogen) atoms. The number of hydrogen-bond acceptors (Lipinski definition) is 12. The Balaban J connectivity index is 0. The molecular weight excluding hydrogens is 438 g/mol. The maximum atomic E-state index is 10.2. The minimum absolute atomic E-state index is 0.784. The SMILES string of the molecule is O=P(O)(O)OC[C@@H](O)[C@H](O)[C@@H](O)CO.O=P(O)(O)OC[C@@H](O)[C@H](O)[C@@H](O)CO. The molecule has 0 aromatic carbocycles. The van der Waals surface area contributed by atoms with Gasteiger partial charge in [0.1, 0.15) is 36.6 Å². The highest BCUT2D eigenvalue weighted by Gasteiger charge is 2.27.